The number of nitrogens with one attached hydrogen (secondary N) is 1. The maximum atomic E-state index is 12.5. The number of halogens is 4. The molecule has 0 aliphatic carbocycles. The van der Waals surface area contributed by atoms with Gasteiger partial charge < -0.3 is 5.32 Å². The molecule has 0 unspecified atom stereocenters. The highest BCUT2D eigenvalue weighted by Crippen LogP contribution is 2.21. The summed E-state index contributed by atoms with van der Waals surface area (Å²) >= 11 is 8.73. The van der Waals surface area contributed by atoms with Gasteiger partial charge in [0, 0.05) is 19.2 Å². The van der Waals surface area contributed by atoms with Crippen molar-refractivity contribution in [3.05, 3.63) is 16.0 Å². The molecule has 0 bridgehead atoms. The fourth-order valence-electron chi connectivity index (χ4n) is 0.870. The lowest BCUT2D eigenvalue weighted by atomic mass is 10.3. The lowest BCUT2D eigenvalue weighted by Gasteiger charge is -2.11. The Bertz CT molecular complexity index is 343. The number of hydrogen-bond acceptors (Lipinski definition) is 3. The van der Waals surface area contributed by atoms with Crippen LogP contribution in [0.25, 0.3) is 0 Å². The van der Waals surface area contributed by atoms with E-state index in [1.54, 1.807) is 0 Å². The van der Waals surface area contributed by atoms with Gasteiger partial charge in [0.05, 0.1) is 4.47 Å². The van der Waals surface area contributed by atoms with Crippen LogP contribution in [-0.2, 0) is 0 Å². The lowest BCUT2D eigenvalue weighted by Crippen LogP contribution is -2.16. The van der Waals surface area contributed by atoms with Gasteiger partial charge in [-0.25, -0.2) is 13.8 Å². The minimum atomic E-state index is -2.68. The van der Waals surface area contributed by atoms with E-state index < -0.39 is 5.92 Å². The number of anilines is 1. The van der Waals surface area contributed by atoms with Crippen molar-refractivity contribution >= 4 is 33.3 Å². The summed E-state index contributed by atoms with van der Waals surface area (Å²) in [6.07, 6.45) is 1.20. The first-order valence-electron chi connectivity index (χ1n) is 4.18. The maximum absolute atomic E-state index is 12.5. The first-order valence-corrected chi connectivity index (χ1v) is 5.35. The van der Waals surface area contributed by atoms with Gasteiger partial charge in [0.15, 0.2) is 0 Å². The second kappa shape index (κ2) is 5.03. The molecule has 0 aromatic carbocycles. The van der Waals surface area contributed by atoms with Crippen LogP contribution < -0.4 is 5.32 Å². The molecule has 84 valence electrons. The molecule has 7 heteroatoms. The van der Waals surface area contributed by atoms with Crippen LogP contribution in [0.2, 0.25) is 5.28 Å². The summed E-state index contributed by atoms with van der Waals surface area (Å²) in [4.78, 5) is 7.56. The second-order valence-corrected chi connectivity index (χ2v) is 4.27. The van der Waals surface area contributed by atoms with Crippen LogP contribution in [-0.4, -0.2) is 22.4 Å². The largest absolute Gasteiger partial charge is 0.369 e. The molecule has 1 rings (SSSR count). The van der Waals surface area contributed by atoms with Crippen molar-refractivity contribution in [2.24, 2.45) is 0 Å². The van der Waals surface area contributed by atoms with Gasteiger partial charge in [0.2, 0.25) is 11.2 Å². The summed E-state index contributed by atoms with van der Waals surface area (Å²) in [5.74, 6) is -2.27. The summed E-state index contributed by atoms with van der Waals surface area (Å²) in [6.45, 7) is 0.992. The van der Waals surface area contributed by atoms with Crippen LogP contribution >= 0.6 is 27.5 Å². The van der Waals surface area contributed by atoms with Crippen LogP contribution in [0, 0.1) is 0 Å². The van der Waals surface area contributed by atoms with Gasteiger partial charge in [-0.2, -0.15) is 4.98 Å². The Morgan fingerprint density at radius 3 is 2.87 bits per heavy atom. The molecular weight excluding hydrogens is 291 g/mol. The van der Waals surface area contributed by atoms with E-state index in [0.29, 0.717) is 10.3 Å². The van der Waals surface area contributed by atoms with Gasteiger partial charge in [-0.3, -0.25) is 0 Å². The first-order chi connectivity index (χ1) is 6.88. The molecule has 1 heterocycles. The Balaban J connectivity index is 2.54. The van der Waals surface area contributed by atoms with Crippen molar-refractivity contribution < 1.29 is 8.78 Å². The van der Waals surface area contributed by atoms with E-state index in [9.17, 15) is 8.78 Å². The molecule has 1 aromatic heterocycles. The third-order valence-corrected chi connectivity index (χ3v) is 2.33. The van der Waals surface area contributed by atoms with E-state index in [2.05, 4.69) is 31.2 Å². The third-order valence-electron chi connectivity index (χ3n) is 1.57. The topological polar surface area (TPSA) is 37.8 Å². The van der Waals surface area contributed by atoms with E-state index in [4.69, 9.17) is 11.6 Å². The summed E-state index contributed by atoms with van der Waals surface area (Å²) < 4.78 is 25.6. The summed E-state index contributed by atoms with van der Waals surface area (Å²) in [5.41, 5.74) is 0. The fraction of sp³-hybridized carbons (Fsp3) is 0.500. The molecular formula is C8H9BrClF2N3. The molecule has 0 atom stereocenters. The lowest BCUT2D eigenvalue weighted by molar-refractivity contribution is 0.0166. The number of alkyl halides is 2. The zero-order valence-corrected chi connectivity index (χ0v) is 10.2. The molecule has 0 fully saturated rings. The van der Waals surface area contributed by atoms with Crippen LogP contribution in [0.5, 0.6) is 0 Å². The molecule has 0 aliphatic rings. The summed E-state index contributed by atoms with van der Waals surface area (Å²) in [5, 5.41) is 2.82. The molecule has 0 aliphatic heterocycles. The number of aromatic nitrogens is 2. The van der Waals surface area contributed by atoms with Crippen molar-refractivity contribution in [3.63, 3.8) is 0 Å². The van der Waals surface area contributed by atoms with E-state index in [0.717, 1.165) is 6.92 Å². The van der Waals surface area contributed by atoms with E-state index in [1.807, 2.05) is 0 Å². The Kier molecular flexibility index (Phi) is 4.21. The first kappa shape index (κ1) is 12.6. The Hall–Kier alpha value is -0.490. The van der Waals surface area contributed by atoms with Crippen molar-refractivity contribution in [1.29, 1.82) is 0 Å². The molecule has 0 radical (unpaired) electrons. The molecule has 1 aromatic rings. The summed E-state index contributed by atoms with van der Waals surface area (Å²) in [6, 6.07) is 0. The summed E-state index contributed by atoms with van der Waals surface area (Å²) in [7, 11) is 0. The van der Waals surface area contributed by atoms with Crippen molar-refractivity contribution in [1.82, 2.24) is 9.97 Å². The third kappa shape index (κ3) is 4.70. The fourth-order valence-corrected chi connectivity index (χ4v) is 1.33. The highest BCUT2D eigenvalue weighted by molar-refractivity contribution is 9.10. The average Bonchev–Trinajstić information content (AvgIpc) is 2.09. The molecule has 1 N–H and O–H groups in total. The Labute approximate surface area is 99.4 Å². The number of rotatable bonds is 4. The van der Waals surface area contributed by atoms with Gasteiger partial charge in [0.1, 0.15) is 5.82 Å². The van der Waals surface area contributed by atoms with Gasteiger partial charge in [-0.15, -0.1) is 0 Å². The van der Waals surface area contributed by atoms with Gasteiger partial charge >= 0.3 is 0 Å². The van der Waals surface area contributed by atoms with Gasteiger partial charge in [0.25, 0.3) is 0 Å². The molecule has 15 heavy (non-hydrogen) atoms. The van der Waals surface area contributed by atoms with Crippen LogP contribution in [0.3, 0.4) is 0 Å². The number of hydrogen-bond donors (Lipinski definition) is 1. The van der Waals surface area contributed by atoms with Gasteiger partial charge in [-0.05, 0) is 34.5 Å². The average molecular weight is 301 g/mol. The zero-order valence-electron chi connectivity index (χ0n) is 7.90. The Morgan fingerprint density at radius 2 is 2.27 bits per heavy atom. The van der Waals surface area contributed by atoms with Crippen LogP contribution in [0.1, 0.15) is 13.3 Å². The SMILES string of the molecule is CC(F)(F)CCNc1nc(Cl)ncc1Br. The zero-order chi connectivity index (χ0) is 11.5. The quantitative estimate of drug-likeness (QED) is 0.867. The van der Waals surface area contributed by atoms with Crippen molar-refractivity contribution in [3.8, 4) is 0 Å². The molecule has 0 amide bonds. The molecule has 0 saturated heterocycles. The second-order valence-electron chi connectivity index (χ2n) is 3.08. The van der Waals surface area contributed by atoms with Crippen molar-refractivity contribution in [2.75, 3.05) is 11.9 Å². The van der Waals surface area contributed by atoms with Crippen molar-refractivity contribution in [2.45, 2.75) is 19.3 Å². The maximum Gasteiger partial charge on any atom is 0.247 e. The van der Waals surface area contributed by atoms with Crippen LogP contribution in [0.4, 0.5) is 14.6 Å². The molecule has 0 saturated carbocycles. The van der Waals surface area contributed by atoms with Crippen LogP contribution in [0.15, 0.2) is 10.7 Å². The minimum Gasteiger partial charge on any atom is -0.369 e. The van der Waals surface area contributed by atoms with Gasteiger partial charge in [-0.1, -0.05) is 0 Å². The highest BCUT2D eigenvalue weighted by Gasteiger charge is 2.20. The molecule has 0 spiro atoms. The predicted octanol–water partition coefficient (Wildman–Crippen LogP) is 3.35. The Morgan fingerprint density at radius 1 is 1.60 bits per heavy atom. The number of nitrogens with zero attached hydrogens (tertiary/aromatic N) is 2. The van der Waals surface area contributed by atoms with E-state index >= 15 is 0 Å². The smallest absolute Gasteiger partial charge is 0.247 e. The molecule has 3 nitrogen and oxygen atoms in total. The standard InChI is InChI=1S/C8H9BrClF2N3/c1-8(11,12)2-3-13-6-5(9)4-14-7(10)15-6/h4H,2-3H2,1H3,(H,13,14,15). The highest BCUT2D eigenvalue weighted by atomic mass is 79.9. The monoisotopic (exact) mass is 299 g/mol. The minimum absolute atomic E-state index is 0.0731. The predicted molar refractivity (Wildman–Crippen MR) is 58.5 cm³/mol. The van der Waals surface area contributed by atoms with E-state index in [-0.39, 0.29) is 18.2 Å². The normalized spacial score (nSPS) is 11.5. The van der Waals surface area contributed by atoms with E-state index in [1.165, 1.54) is 6.20 Å².